The summed E-state index contributed by atoms with van der Waals surface area (Å²) < 4.78 is 9.61. The maximum atomic E-state index is 5.71. The van der Waals surface area contributed by atoms with Gasteiger partial charge < -0.3 is 10.1 Å². The first-order chi connectivity index (χ1) is 8.70. The average Bonchev–Trinajstić information content (AvgIpc) is 2.83. The largest absolute Gasteiger partial charge is 0.491 e. The zero-order valence-electron chi connectivity index (χ0n) is 10.8. The summed E-state index contributed by atoms with van der Waals surface area (Å²) >= 11 is 1.36. The maximum Gasteiger partial charge on any atom is 0.120 e. The van der Waals surface area contributed by atoms with Crippen LogP contribution in [0.1, 0.15) is 31.1 Å². The van der Waals surface area contributed by atoms with Crippen LogP contribution in [0.4, 0.5) is 0 Å². The SMILES string of the molecule is CNC(c1cccc(OC(C)C)c1)c1csnn1. The van der Waals surface area contributed by atoms with Crippen LogP contribution in [0.5, 0.6) is 5.75 Å². The van der Waals surface area contributed by atoms with E-state index in [1.165, 1.54) is 11.5 Å². The van der Waals surface area contributed by atoms with E-state index in [1.54, 1.807) is 0 Å². The topological polar surface area (TPSA) is 47.0 Å². The molecule has 2 aromatic rings. The van der Waals surface area contributed by atoms with Gasteiger partial charge in [-0.05, 0) is 50.1 Å². The Morgan fingerprint density at radius 2 is 2.17 bits per heavy atom. The Morgan fingerprint density at radius 1 is 1.33 bits per heavy atom. The van der Waals surface area contributed by atoms with Gasteiger partial charge in [0.15, 0.2) is 0 Å². The summed E-state index contributed by atoms with van der Waals surface area (Å²) in [4.78, 5) is 0. The second-order valence-corrected chi connectivity index (χ2v) is 4.90. The van der Waals surface area contributed by atoms with Crippen LogP contribution in [0.3, 0.4) is 0 Å². The van der Waals surface area contributed by atoms with Gasteiger partial charge in [0.1, 0.15) is 5.75 Å². The van der Waals surface area contributed by atoms with E-state index in [4.69, 9.17) is 4.74 Å². The molecule has 2 rings (SSSR count). The Labute approximate surface area is 111 Å². The molecule has 0 spiro atoms. The fourth-order valence-corrected chi connectivity index (χ4v) is 2.30. The summed E-state index contributed by atoms with van der Waals surface area (Å²) in [5.74, 6) is 0.880. The minimum Gasteiger partial charge on any atom is -0.491 e. The molecule has 18 heavy (non-hydrogen) atoms. The van der Waals surface area contributed by atoms with E-state index < -0.39 is 0 Å². The van der Waals surface area contributed by atoms with Gasteiger partial charge in [-0.1, -0.05) is 16.6 Å². The van der Waals surface area contributed by atoms with Gasteiger partial charge in [0.05, 0.1) is 17.8 Å². The monoisotopic (exact) mass is 263 g/mol. The Hall–Kier alpha value is -1.46. The van der Waals surface area contributed by atoms with E-state index in [0.29, 0.717) is 0 Å². The second kappa shape index (κ2) is 5.93. The molecule has 5 heteroatoms. The highest BCUT2D eigenvalue weighted by Gasteiger charge is 2.15. The van der Waals surface area contributed by atoms with Crippen LogP contribution < -0.4 is 10.1 Å². The van der Waals surface area contributed by atoms with Crippen LogP contribution in [-0.2, 0) is 0 Å². The predicted octanol–water partition coefficient (Wildman–Crippen LogP) is 2.63. The van der Waals surface area contributed by atoms with Crippen molar-refractivity contribution in [3.8, 4) is 5.75 Å². The van der Waals surface area contributed by atoms with Crippen molar-refractivity contribution < 1.29 is 4.74 Å². The van der Waals surface area contributed by atoms with Crippen molar-refractivity contribution in [3.63, 3.8) is 0 Å². The van der Waals surface area contributed by atoms with Gasteiger partial charge in [-0.15, -0.1) is 5.10 Å². The van der Waals surface area contributed by atoms with Gasteiger partial charge in [-0.25, -0.2) is 0 Å². The lowest BCUT2D eigenvalue weighted by Crippen LogP contribution is -2.18. The number of hydrogen-bond acceptors (Lipinski definition) is 5. The molecule has 1 aromatic heterocycles. The molecule has 0 fully saturated rings. The molecule has 1 atom stereocenters. The number of rotatable bonds is 5. The molecule has 1 aromatic carbocycles. The van der Waals surface area contributed by atoms with E-state index in [2.05, 4.69) is 21.0 Å². The van der Waals surface area contributed by atoms with Crippen molar-refractivity contribution in [1.82, 2.24) is 14.9 Å². The van der Waals surface area contributed by atoms with Gasteiger partial charge in [-0.3, -0.25) is 0 Å². The fraction of sp³-hybridized carbons (Fsp3) is 0.385. The third-order valence-corrected chi connectivity index (χ3v) is 3.05. The Balaban J connectivity index is 2.26. The second-order valence-electron chi connectivity index (χ2n) is 4.29. The van der Waals surface area contributed by atoms with Crippen molar-refractivity contribution in [2.75, 3.05) is 7.05 Å². The van der Waals surface area contributed by atoms with Crippen molar-refractivity contribution >= 4 is 11.5 Å². The normalized spacial score (nSPS) is 12.7. The van der Waals surface area contributed by atoms with E-state index >= 15 is 0 Å². The number of nitrogens with zero attached hydrogens (tertiary/aromatic N) is 2. The lowest BCUT2D eigenvalue weighted by molar-refractivity contribution is 0.242. The summed E-state index contributed by atoms with van der Waals surface area (Å²) in [6.45, 7) is 4.04. The molecule has 0 amide bonds. The number of aromatic nitrogens is 2. The first-order valence-corrected chi connectivity index (χ1v) is 6.75. The summed E-state index contributed by atoms with van der Waals surface area (Å²) in [5, 5.41) is 9.32. The summed E-state index contributed by atoms with van der Waals surface area (Å²) in [7, 11) is 1.92. The van der Waals surface area contributed by atoms with Crippen molar-refractivity contribution in [2.45, 2.75) is 26.0 Å². The summed E-state index contributed by atoms with van der Waals surface area (Å²) in [6.07, 6.45) is 0.175. The van der Waals surface area contributed by atoms with Gasteiger partial charge >= 0.3 is 0 Å². The highest BCUT2D eigenvalue weighted by atomic mass is 32.1. The van der Waals surface area contributed by atoms with Gasteiger partial charge in [0, 0.05) is 5.38 Å². The van der Waals surface area contributed by atoms with Crippen LogP contribution in [0, 0.1) is 0 Å². The molecule has 1 N–H and O–H groups in total. The van der Waals surface area contributed by atoms with Crippen LogP contribution in [-0.4, -0.2) is 22.7 Å². The van der Waals surface area contributed by atoms with Gasteiger partial charge in [0.25, 0.3) is 0 Å². The fourth-order valence-electron chi connectivity index (χ4n) is 1.82. The average molecular weight is 263 g/mol. The lowest BCUT2D eigenvalue weighted by Gasteiger charge is -2.16. The minimum atomic E-state index is 0.0551. The standard InChI is InChI=1S/C13H17N3OS/c1-9(2)17-11-6-4-5-10(7-11)13(14-3)12-8-18-16-15-12/h4-9,13-14H,1-3H3. The molecule has 0 aliphatic heterocycles. The molecule has 0 aliphatic carbocycles. The summed E-state index contributed by atoms with van der Waals surface area (Å²) in [6, 6.07) is 8.13. The van der Waals surface area contributed by atoms with E-state index in [1.807, 2.05) is 44.5 Å². The van der Waals surface area contributed by atoms with Crippen molar-refractivity contribution in [1.29, 1.82) is 0 Å². The molecule has 0 bridgehead atoms. The molecule has 0 aliphatic rings. The van der Waals surface area contributed by atoms with E-state index in [0.717, 1.165) is 17.0 Å². The van der Waals surface area contributed by atoms with E-state index in [9.17, 15) is 0 Å². The maximum absolute atomic E-state index is 5.71. The first-order valence-electron chi connectivity index (χ1n) is 5.91. The first kappa shape index (κ1) is 13.0. The molecule has 96 valence electrons. The molecular formula is C13H17N3OS. The lowest BCUT2D eigenvalue weighted by atomic mass is 10.0. The van der Waals surface area contributed by atoms with Crippen molar-refractivity contribution in [2.24, 2.45) is 0 Å². The van der Waals surface area contributed by atoms with Crippen LogP contribution >= 0.6 is 11.5 Å². The molecule has 4 nitrogen and oxygen atoms in total. The van der Waals surface area contributed by atoms with Crippen molar-refractivity contribution in [3.05, 3.63) is 40.9 Å². The molecule has 1 unspecified atom stereocenters. The van der Waals surface area contributed by atoms with Gasteiger partial charge in [-0.2, -0.15) is 0 Å². The third kappa shape index (κ3) is 3.05. The van der Waals surface area contributed by atoms with Crippen LogP contribution in [0.25, 0.3) is 0 Å². The number of benzene rings is 1. The molecular weight excluding hydrogens is 246 g/mol. The molecule has 0 saturated heterocycles. The highest BCUT2D eigenvalue weighted by Crippen LogP contribution is 2.24. The Bertz CT molecular complexity index is 485. The quantitative estimate of drug-likeness (QED) is 0.901. The third-order valence-electron chi connectivity index (χ3n) is 2.52. The number of nitrogens with one attached hydrogen (secondary N) is 1. The summed E-state index contributed by atoms with van der Waals surface area (Å²) in [5.41, 5.74) is 2.06. The Kier molecular flexibility index (Phi) is 4.28. The number of hydrogen-bond donors (Lipinski definition) is 1. The minimum absolute atomic E-state index is 0.0551. The van der Waals surface area contributed by atoms with E-state index in [-0.39, 0.29) is 12.1 Å². The molecule has 0 radical (unpaired) electrons. The predicted molar refractivity (Wildman–Crippen MR) is 73.0 cm³/mol. The zero-order valence-corrected chi connectivity index (χ0v) is 11.6. The number of ether oxygens (including phenoxy) is 1. The zero-order chi connectivity index (χ0) is 13.0. The van der Waals surface area contributed by atoms with Crippen LogP contribution in [0.15, 0.2) is 29.6 Å². The van der Waals surface area contributed by atoms with Crippen LogP contribution in [0.2, 0.25) is 0 Å². The molecule has 1 heterocycles. The Morgan fingerprint density at radius 3 is 2.78 bits per heavy atom. The highest BCUT2D eigenvalue weighted by molar-refractivity contribution is 7.03. The smallest absolute Gasteiger partial charge is 0.120 e. The van der Waals surface area contributed by atoms with Gasteiger partial charge in [0.2, 0.25) is 0 Å². The molecule has 0 saturated carbocycles.